The molecule has 4 atom stereocenters. The molecule has 33 heavy (non-hydrogen) atoms. The Labute approximate surface area is 198 Å². The van der Waals surface area contributed by atoms with Gasteiger partial charge in [-0.1, -0.05) is 41.9 Å². The fourth-order valence-corrected chi connectivity index (χ4v) is 4.77. The van der Waals surface area contributed by atoms with Crippen molar-refractivity contribution in [2.45, 2.75) is 56.7 Å². The first-order chi connectivity index (χ1) is 16.0. The number of carbonyl (C=O) groups is 1. The number of hydrogen-bond donors (Lipinski definition) is 2. The fraction of sp³-hybridized carbons (Fsp3) is 0.480. The van der Waals surface area contributed by atoms with E-state index in [0.29, 0.717) is 31.3 Å². The van der Waals surface area contributed by atoms with E-state index >= 15 is 0 Å². The van der Waals surface area contributed by atoms with E-state index in [9.17, 15) is 14.3 Å². The third kappa shape index (κ3) is 6.74. The molecule has 4 rings (SSSR count). The highest BCUT2D eigenvalue weighted by atomic mass is 35.5. The molecule has 6 nitrogen and oxygen atoms in total. The molecule has 2 aromatic carbocycles. The van der Waals surface area contributed by atoms with Crippen LogP contribution in [0.5, 0.6) is 0 Å². The molecule has 2 aliphatic rings. The second-order valence-corrected chi connectivity index (χ2v) is 9.17. The number of aliphatic hydroxyl groups excluding tert-OH is 1. The SMILES string of the molecule is O=C(C[C@H]1CC[C@@H]2[C@H](COC[C@@H](O)CN2Cc2ccc(F)cc2)O1)NCc1ccccc1Cl. The molecule has 0 radical (unpaired) electrons. The van der Waals surface area contributed by atoms with E-state index in [2.05, 4.69) is 10.2 Å². The fourth-order valence-electron chi connectivity index (χ4n) is 4.57. The molecule has 2 saturated heterocycles. The number of ether oxygens (including phenoxy) is 2. The van der Waals surface area contributed by atoms with Crippen LogP contribution < -0.4 is 5.32 Å². The zero-order valence-corrected chi connectivity index (χ0v) is 19.2. The Balaban J connectivity index is 1.34. The van der Waals surface area contributed by atoms with Crippen molar-refractivity contribution in [3.05, 3.63) is 70.5 Å². The second-order valence-electron chi connectivity index (χ2n) is 8.76. The first kappa shape index (κ1) is 24.1. The van der Waals surface area contributed by atoms with Crippen LogP contribution in [-0.4, -0.2) is 60.0 Å². The lowest BCUT2D eigenvalue weighted by Crippen LogP contribution is -2.55. The molecule has 2 N–H and O–H groups in total. The third-order valence-corrected chi connectivity index (χ3v) is 6.60. The summed E-state index contributed by atoms with van der Waals surface area (Å²) in [6.07, 6.45) is 0.834. The third-order valence-electron chi connectivity index (χ3n) is 6.23. The van der Waals surface area contributed by atoms with Crippen LogP contribution in [0.3, 0.4) is 0 Å². The van der Waals surface area contributed by atoms with Crippen LogP contribution in [0.15, 0.2) is 48.5 Å². The van der Waals surface area contributed by atoms with Gasteiger partial charge in [-0.05, 0) is 42.2 Å². The maximum Gasteiger partial charge on any atom is 0.222 e. The van der Waals surface area contributed by atoms with Crippen molar-refractivity contribution >= 4 is 17.5 Å². The monoisotopic (exact) mass is 476 g/mol. The lowest BCUT2D eigenvalue weighted by Gasteiger charge is -2.44. The van der Waals surface area contributed by atoms with E-state index in [4.69, 9.17) is 21.1 Å². The number of benzene rings is 2. The summed E-state index contributed by atoms with van der Waals surface area (Å²) in [4.78, 5) is 14.7. The van der Waals surface area contributed by atoms with Crippen LogP contribution in [0, 0.1) is 5.82 Å². The molecule has 178 valence electrons. The van der Waals surface area contributed by atoms with Gasteiger partial charge in [-0.25, -0.2) is 4.39 Å². The average Bonchev–Trinajstić information content (AvgIpc) is 2.79. The lowest BCUT2D eigenvalue weighted by atomic mass is 9.94. The number of rotatable bonds is 6. The average molecular weight is 477 g/mol. The van der Waals surface area contributed by atoms with Crippen molar-refractivity contribution in [1.82, 2.24) is 10.2 Å². The maximum atomic E-state index is 13.3. The predicted octanol–water partition coefficient (Wildman–Crippen LogP) is 3.29. The van der Waals surface area contributed by atoms with Crippen molar-refractivity contribution in [2.75, 3.05) is 19.8 Å². The second kappa shape index (κ2) is 11.4. The summed E-state index contributed by atoms with van der Waals surface area (Å²) in [5.41, 5.74) is 1.85. The number of β-amino-alcohol motifs (C(OH)–C–C–N with tert-alkyl or cyclic N) is 1. The van der Waals surface area contributed by atoms with E-state index < -0.39 is 6.10 Å². The van der Waals surface area contributed by atoms with Crippen LogP contribution in [0.4, 0.5) is 4.39 Å². The smallest absolute Gasteiger partial charge is 0.222 e. The highest BCUT2D eigenvalue weighted by molar-refractivity contribution is 6.31. The van der Waals surface area contributed by atoms with Crippen molar-refractivity contribution in [3.63, 3.8) is 0 Å². The molecule has 2 heterocycles. The molecule has 0 aromatic heterocycles. The number of halogens is 2. The number of fused-ring (bicyclic) bond motifs is 1. The Morgan fingerprint density at radius 2 is 1.94 bits per heavy atom. The van der Waals surface area contributed by atoms with Gasteiger partial charge in [-0.15, -0.1) is 0 Å². The van der Waals surface area contributed by atoms with Crippen molar-refractivity contribution in [3.8, 4) is 0 Å². The van der Waals surface area contributed by atoms with E-state index in [0.717, 1.165) is 24.0 Å². The number of carbonyl (C=O) groups excluding carboxylic acids is 1. The number of hydrogen-bond acceptors (Lipinski definition) is 5. The molecule has 0 bridgehead atoms. The van der Waals surface area contributed by atoms with Gasteiger partial charge in [-0.3, -0.25) is 9.69 Å². The van der Waals surface area contributed by atoms with Gasteiger partial charge in [0.25, 0.3) is 0 Å². The Kier molecular flexibility index (Phi) is 8.33. The summed E-state index contributed by atoms with van der Waals surface area (Å²) in [6.45, 7) is 2.01. The summed E-state index contributed by atoms with van der Waals surface area (Å²) in [5, 5.41) is 13.9. The van der Waals surface area contributed by atoms with E-state index in [1.807, 2.05) is 18.2 Å². The molecule has 0 unspecified atom stereocenters. The Bertz CT molecular complexity index is 929. The molecule has 2 fully saturated rings. The van der Waals surface area contributed by atoms with E-state index in [-0.39, 0.29) is 43.0 Å². The molecule has 1 amide bonds. The van der Waals surface area contributed by atoms with Crippen LogP contribution >= 0.6 is 11.6 Å². The van der Waals surface area contributed by atoms with Crippen molar-refractivity contribution < 1.29 is 23.8 Å². The molecular formula is C25H30ClFN2O4. The minimum atomic E-state index is -0.597. The van der Waals surface area contributed by atoms with Crippen LogP contribution in [-0.2, 0) is 27.4 Å². The summed E-state index contributed by atoms with van der Waals surface area (Å²) < 4.78 is 25.3. The van der Waals surface area contributed by atoms with Gasteiger partial charge >= 0.3 is 0 Å². The largest absolute Gasteiger partial charge is 0.389 e. The molecular weight excluding hydrogens is 447 g/mol. The number of aliphatic hydroxyl groups is 1. The number of nitrogens with zero attached hydrogens (tertiary/aromatic N) is 1. The minimum absolute atomic E-state index is 0.0486. The molecule has 2 aromatic rings. The molecule has 0 saturated carbocycles. The van der Waals surface area contributed by atoms with Crippen molar-refractivity contribution in [1.29, 1.82) is 0 Å². The maximum absolute atomic E-state index is 13.3. The van der Waals surface area contributed by atoms with Crippen LogP contribution in [0.2, 0.25) is 5.02 Å². The lowest BCUT2D eigenvalue weighted by molar-refractivity contribution is -0.158. The molecule has 0 spiro atoms. The van der Waals surface area contributed by atoms with Gasteiger partial charge in [0, 0.05) is 30.7 Å². The Morgan fingerprint density at radius 3 is 2.73 bits per heavy atom. The van der Waals surface area contributed by atoms with E-state index in [1.54, 1.807) is 18.2 Å². The van der Waals surface area contributed by atoms with Gasteiger partial charge in [0.1, 0.15) is 5.82 Å². The number of amides is 1. The van der Waals surface area contributed by atoms with Gasteiger partial charge in [0.15, 0.2) is 0 Å². The Hall–Kier alpha value is -2.03. The van der Waals surface area contributed by atoms with Gasteiger partial charge in [0.2, 0.25) is 5.91 Å². The first-order valence-corrected chi connectivity index (χ1v) is 11.8. The normalized spacial score (nSPS) is 26.2. The summed E-state index contributed by atoms with van der Waals surface area (Å²) in [5.74, 6) is -0.349. The summed E-state index contributed by atoms with van der Waals surface area (Å²) >= 11 is 6.16. The quantitative estimate of drug-likeness (QED) is 0.669. The minimum Gasteiger partial charge on any atom is -0.389 e. The van der Waals surface area contributed by atoms with Crippen molar-refractivity contribution in [2.24, 2.45) is 0 Å². The van der Waals surface area contributed by atoms with Crippen LogP contribution in [0.1, 0.15) is 30.4 Å². The Morgan fingerprint density at radius 1 is 1.15 bits per heavy atom. The van der Waals surface area contributed by atoms with Gasteiger partial charge < -0.3 is 19.9 Å². The topological polar surface area (TPSA) is 71.0 Å². The van der Waals surface area contributed by atoms with Crippen LogP contribution in [0.25, 0.3) is 0 Å². The zero-order valence-electron chi connectivity index (χ0n) is 18.5. The molecule has 0 aliphatic carbocycles. The highest BCUT2D eigenvalue weighted by Crippen LogP contribution is 2.29. The zero-order chi connectivity index (χ0) is 23.2. The predicted molar refractivity (Wildman–Crippen MR) is 123 cm³/mol. The summed E-state index contributed by atoms with van der Waals surface area (Å²) in [6, 6.07) is 13.9. The molecule has 2 aliphatic heterocycles. The standard InChI is InChI=1S/C25H30ClFN2O4/c26-22-4-2-1-3-18(22)12-28-25(31)11-21-9-10-23-24(33-21)16-32-15-20(30)14-29(23)13-17-5-7-19(27)8-6-17/h1-8,20-21,23-24,30H,9-16H2,(H,28,31)/t20-,21+,23+,24-/m0/s1. The van der Waals surface area contributed by atoms with Gasteiger partial charge in [-0.2, -0.15) is 0 Å². The highest BCUT2D eigenvalue weighted by Gasteiger charge is 2.38. The molecule has 8 heteroatoms. The van der Waals surface area contributed by atoms with Gasteiger partial charge in [0.05, 0.1) is 37.9 Å². The summed E-state index contributed by atoms with van der Waals surface area (Å²) in [7, 11) is 0. The van der Waals surface area contributed by atoms with E-state index in [1.165, 1.54) is 12.1 Å². The number of nitrogens with one attached hydrogen (secondary N) is 1. The first-order valence-electron chi connectivity index (χ1n) is 11.4.